The molecule has 0 radical (unpaired) electrons. The van der Waals surface area contributed by atoms with Crippen molar-refractivity contribution in [1.29, 1.82) is 0 Å². The smallest absolute Gasteiger partial charge is 0.130 e. The van der Waals surface area contributed by atoms with Crippen molar-refractivity contribution in [2.75, 3.05) is 7.11 Å². The Morgan fingerprint density at radius 3 is 2.62 bits per heavy atom. The third-order valence-corrected chi connectivity index (χ3v) is 1.87. The maximum Gasteiger partial charge on any atom is 0.130 e. The predicted molar refractivity (Wildman–Crippen MR) is 54.2 cm³/mol. The van der Waals surface area contributed by atoms with Gasteiger partial charge >= 0.3 is 0 Å². The van der Waals surface area contributed by atoms with E-state index in [9.17, 15) is 0 Å². The van der Waals surface area contributed by atoms with E-state index in [0.717, 1.165) is 16.9 Å². The molecule has 0 aliphatic heterocycles. The van der Waals surface area contributed by atoms with Gasteiger partial charge in [0.25, 0.3) is 0 Å². The molecule has 0 saturated carbocycles. The third-order valence-electron chi connectivity index (χ3n) is 1.87. The highest BCUT2D eigenvalue weighted by Crippen LogP contribution is 2.23. The van der Waals surface area contributed by atoms with E-state index in [1.165, 1.54) is 5.56 Å². The molecule has 0 aliphatic carbocycles. The van der Waals surface area contributed by atoms with Crippen LogP contribution >= 0.6 is 0 Å². The van der Waals surface area contributed by atoms with Crippen LogP contribution in [0, 0.1) is 13.8 Å². The van der Waals surface area contributed by atoms with Crippen molar-refractivity contribution >= 4 is 6.21 Å². The minimum Gasteiger partial charge on any atom is -0.496 e. The average Bonchev–Trinajstić information content (AvgIpc) is 2.04. The predicted octanol–water partition coefficient (Wildman–Crippen LogP) is 1.60. The highest BCUT2D eigenvalue weighted by atomic mass is 16.5. The number of aryl methyl sites for hydroxylation is 2. The molecule has 0 aromatic heterocycles. The Kier molecular flexibility index (Phi) is 2.90. The number of methoxy groups -OCH3 is 1. The number of nitrogens with zero attached hydrogens (tertiary/aromatic N) is 1. The van der Waals surface area contributed by atoms with Crippen LogP contribution in [0.25, 0.3) is 0 Å². The topological polar surface area (TPSA) is 47.6 Å². The molecule has 0 atom stereocenters. The van der Waals surface area contributed by atoms with Crippen LogP contribution < -0.4 is 10.6 Å². The van der Waals surface area contributed by atoms with E-state index in [1.54, 1.807) is 13.3 Å². The molecule has 13 heavy (non-hydrogen) atoms. The van der Waals surface area contributed by atoms with Crippen LogP contribution in [0.3, 0.4) is 0 Å². The summed E-state index contributed by atoms with van der Waals surface area (Å²) in [5.74, 6) is 5.93. The molecule has 3 nitrogen and oxygen atoms in total. The van der Waals surface area contributed by atoms with E-state index >= 15 is 0 Å². The highest BCUT2D eigenvalue weighted by molar-refractivity contribution is 5.84. The van der Waals surface area contributed by atoms with E-state index in [-0.39, 0.29) is 0 Å². The first-order valence-electron chi connectivity index (χ1n) is 4.07. The highest BCUT2D eigenvalue weighted by Gasteiger charge is 2.04. The molecule has 0 aliphatic rings. The van der Waals surface area contributed by atoms with E-state index in [2.05, 4.69) is 11.2 Å². The summed E-state index contributed by atoms with van der Waals surface area (Å²) in [4.78, 5) is 0. The second kappa shape index (κ2) is 3.94. The largest absolute Gasteiger partial charge is 0.496 e. The van der Waals surface area contributed by atoms with Gasteiger partial charge < -0.3 is 10.6 Å². The third kappa shape index (κ3) is 1.99. The van der Waals surface area contributed by atoms with Gasteiger partial charge in [-0.05, 0) is 31.0 Å². The van der Waals surface area contributed by atoms with Gasteiger partial charge in [-0.1, -0.05) is 6.07 Å². The van der Waals surface area contributed by atoms with E-state index in [4.69, 9.17) is 10.6 Å². The Balaban J connectivity index is 3.29. The molecule has 0 fully saturated rings. The van der Waals surface area contributed by atoms with Crippen LogP contribution in [0.15, 0.2) is 17.2 Å². The fraction of sp³-hybridized carbons (Fsp3) is 0.300. The summed E-state index contributed by atoms with van der Waals surface area (Å²) in [6.45, 7) is 4.03. The summed E-state index contributed by atoms with van der Waals surface area (Å²) in [7, 11) is 1.64. The molecule has 0 unspecified atom stereocenters. The zero-order valence-electron chi connectivity index (χ0n) is 8.16. The molecule has 1 aromatic rings. The van der Waals surface area contributed by atoms with Crippen molar-refractivity contribution in [3.05, 3.63) is 28.8 Å². The molecule has 0 amide bonds. The van der Waals surface area contributed by atoms with Crippen LogP contribution in [0.4, 0.5) is 0 Å². The lowest BCUT2D eigenvalue weighted by Gasteiger charge is -2.08. The van der Waals surface area contributed by atoms with Gasteiger partial charge in [0.05, 0.1) is 13.3 Å². The normalized spacial score (nSPS) is 10.7. The quantitative estimate of drug-likeness (QED) is 0.425. The molecule has 70 valence electrons. The Bertz CT molecular complexity index is 332. The lowest BCUT2D eigenvalue weighted by atomic mass is 10.1. The maximum atomic E-state index is 5.24. The second-order valence-corrected chi connectivity index (χ2v) is 2.98. The number of nitrogens with two attached hydrogens (primary N) is 1. The molecule has 0 saturated heterocycles. The first kappa shape index (κ1) is 9.58. The fourth-order valence-electron chi connectivity index (χ4n) is 1.44. The minimum atomic E-state index is 0.833. The summed E-state index contributed by atoms with van der Waals surface area (Å²) < 4.78 is 5.24. The Labute approximate surface area is 78.2 Å². The van der Waals surface area contributed by atoms with Gasteiger partial charge in [-0.2, -0.15) is 5.10 Å². The summed E-state index contributed by atoms with van der Waals surface area (Å²) >= 11 is 0. The van der Waals surface area contributed by atoms with Crippen molar-refractivity contribution in [3.63, 3.8) is 0 Å². The zero-order chi connectivity index (χ0) is 9.84. The molecule has 0 bridgehead atoms. The number of ether oxygens (including phenoxy) is 1. The molecule has 3 heteroatoms. The van der Waals surface area contributed by atoms with Crippen molar-refractivity contribution < 1.29 is 4.74 Å². The number of hydrogen-bond donors (Lipinski definition) is 1. The van der Waals surface area contributed by atoms with Gasteiger partial charge in [0, 0.05) is 5.56 Å². The summed E-state index contributed by atoms with van der Waals surface area (Å²) in [6, 6.07) is 4.05. The lowest BCUT2D eigenvalue weighted by molar-refractivity contribution is 0.411. The standard InChI is InChI=1S/C10H14N2O/c1-7-4-8(2)10(13-3)9(5-7)6-12-11/h4-6H,11H2,1-3H3. The van der Waals surface area contributed by atoms with Crippen LogP contribution in [0.2, 0.25) is 0 Å². The average molecular weight is 178 g/mol. The molecule has 0 spiro atoms. The number of benzene rings is 1. The first-order chi connectivity index (χ1) is 6.19. The van der Waals surface area contributed by atoms with E-state index < -0.39 is 0 Å². The maximum absolute atomic E-state index is 5.24. The monoisotopic (exact) mass is 178 g/mol. The summed E-state index contributed by atoms with van der Waals surface area (Å²) in [5, 5.41) is 3.49. The number of hydrogen-bond acceptors (Lipinski definition) is 3. The lowest BCUT2D eigenvalue weighted by Crippen LogP contribution is -1.96. The van der Waals surface area contributed by atoms with Crippen molar-refractivity contribution in [3.8, 4) is 5.75 Å². The molecule has 1 rings (SSSR count). The molecule has 2 N–H and O–H groups in total. The van der Waals surface area contributed by atoms with Crippen molar-refractivity contribution in [1.82, 2.24) is 0 Å². The van der Waals surface area contributed by atoms with Gasteiger partial charge in [0.2, 0.25) is 0 Å². The Morgan fingerprint density at radius 1 is 1.38 bits per heavy atom. The molecular weight excluding hydrogens is 164 g/mol. The van der Waals surface area contributed by atoms with Crippen LogP contribution in [-0.4, -0.2) is 13.3 Å². The molecular formula is C10H14N2O. The SMILES string of the molecule is COc1c(C)cc(C)cc1C=NN. The van der Waals surface area contributed by atoms with Crippen molar-refractivity contribution in [2.45, 2.75) is 13.8 Å². The number of hydrazone groups is 1. The van der Waals surface area contributed by atoms with Crippen molar-refractivity contribution in [2.24, 2.45) is 10.9 Å². The van der Waals surface area contributed by atoms with E-state index in [0.29, 0.717) is 0 Å². The number of rotatable bonds is 2. The molecule has 1 aromatic carbocycles. The Hall–Kier alpha value is -1.51. The summed E-state index contributed by atoms with van der Waals surface area (Å²) in [6.07, 6.45) is 1.60. The van der Waals surface area contributed by atoms with Gasteiger partial charge in [0.1, 0.15) is 5.75 Å². The first-order valence-corrected chi connectivity index (χ1v) is 4.07. The minimum absolute atomic E-state index is 0.833. The Morgan fingerprint density at radius 2 is 2.08 bits per heavy atom. The van der Waals surface area contributed by atoms with Crippen LogP contribution in [0.5, 0.6) is 5.75 Å². The van der Waals surface area contributed by atoms with Gasteiger partial charge in [-0.15, -0.1) is 0 Å². The zero-order valence-corrected chi connectivity index (χ0v) is 8.16. The van der Waals surface area contributed by atoms with Gasteiger partial charge in [-0.3, -0.25) is 0 Å². The second-order valence-electron chi connectivity index (χ2n) is 2.98. The summed E-state index contributed by atoms with van der Waals surface area (Å²) in [5.41, 5.74) is 3.19. The van der Waals surface area contributed by atoms with Gasteiger partial charge in [-0.25, -0.2) is 0 Å². The van der Waals surface area contributed by atoms with Gasteiger partial charge in [0.15, 0.2) is 0 Å². The van der Waals surface area contributed by atoms with Crippen LogP contribution in [0.1, 0.15) is 16.7 Å². The van der Waals surface area contributed by atoms with E-state index in [1.807, 2.05) is 19.9 Å². The molecule has 0 heterocycles. The van der Waals surface area contributed by atoms with Crippen LogP contribution in [-0.2, 0) is 0 Å². The fourth-order valence-corrected chi connectivity index (χ4v) is 1.44.